The summed E-state index contributed by atoms with van der Waals surface area (Å²) in [5.41, 5.74) is -0.622. The molecule has 1 N–H and O–H groups in total. The van der Waals surface area contributed by atoms with E-state index in [0.717, 1.165) is 36.4 Å². The molecule has 0 saturated carbocycles. The zero-order chi connectivity index (χ0) is 17.0. The van der Waals surface area contributed by atoms with Crippen LogP contribution in [-0.4, -0.2) is 5.91 Å². The quantitative estimate of drug-likeness (QED) is 0.646. The second-order valence-electron chi connectivity index (χ2n) is 4.57. The molecule has 0 aromatic heterocycles. The normalized spacial score (nSPS) is 11.7. The van der Waals surface area contributed by atoms with Crippen molar-refractivity contribution in [1.29, 1.82) is 0 Å². The highest BCUT2D eigenvalue weighted by atomic mass is 19.4. The van der Waals surface area contributed by atoms with Crippen molar-refractivity contribution in [2.24, 2.45) is 0 Å². The molecule has 23 heavy (non-hydrogen) atoms. The Balaban J connectivity index is 2.08. The van der Waals surface area contributed by atoms with Crippen LogP contribution < -0.4 is 5.32 Å². The molecule has 0 aliphatic rings. The maximum absolute atomic E-state index is 13.0. The summed E-state index contributed by atoms with van der Waals surface area (Å²) in [7, 11) is 0. The molecule has 0 bridgehead atoms. The molecule has 0 heterocycles. The molecule has 0 saturated heterocycles. The fraction of sp³-hybridized carbons (Fsp3) is 0.0625. The third-order valence-corrected chi connectivity index (χ3v) is 2.83. The first-order valence-corrected chi connectivity index (χ1v) is 6.37. The third-order valence-electron chi connectivity index (χ3n) is 2.83. The summed E-state index contributed by atoms with van der Waals surface area (Å²) in [4.78, 5) is 11.6. The summed E-state index contributed by atoms with van der Waals surface area (Å²) in [5, 5.41) is 2.27. The smallest absolute Gasteiger partial charge is 0.322 e. The van der Waals surface area contributed by atoms with E-state index in [1.807, 2.05) is 0 Å². The molecule has 2 aromatic carbocycles. The third kappa shape index (κ3) is 4.64. The van der Waals surface area contributed by atoms with Crippen LogP contribution in [0.3, 0.4) is 0 Å². The van der Waals surface area contributed by atoms with E-state index in [-0.39, 0.29) is 11.3 Å². The second-order valence-corrected chi connectivity index (χ2v) is 4.57. The van der Waals surface area contributed by atoms with E-state index < -0.39 is 29.3 Å². The molecule has 7 heteroatoms. The van der Waals surface area contributed by atoms with Crippen molar-refractivity contribution in [3.05, 3.63) is 71.3 Å². The van der Waals surface area contributed by atoms with Crippen molar-refractivity contribution < 1.29 is 26.7 Å². The average molecular weight is 327 g/mol. The van der Waals surface area contributed by atoms with Gasteiger partial charge in [-0.15, -0.1) is 0 Å². The lowest BCUT2D eigenvalue weighted by Gasteiger charge is -2.06. The average Bonchev–Trinajstić information content (AvgIpc) is 2.48. The molecule has 0 spiro atoms. The molecule has 0 fully saturated rings. The molecule has 0 aliphatic carbocycles. The highest BCUT2D eigenvalue weighted by molar-refractivity contribution is 6.01. The van der Waals surface area contributed by atoms with Gasteiger partial charge in [0.05, 0.1) is 5.56 Å². The van der Waals surface area contributed by atoms with Crippen molar-refractivity contribution >= 4 is 17.7 Å². The molecule has 120 valence electrons. The predicted molar refractivity (Wildman–Crippen MR) is 75.5 cm³/mol. The fourth-order valence-electron chi connectivity index (χ4n) is 1.75. The molecule has 0 atom stereocenters. The summed E-state index contributed by atoms with van der Waals surface area (Å²) >= 11 is 0. The van der Waals surface area contributed by atoms with Crippen LogP contribution in [0.15, 0.2) is 48.5 Å². The van der Waals surface area contributed by atoms with E-state index in [1.54, 1.807) is 0 Å². The van der Waals surface area contributed by atoms with Gasteiger partial charge in [-0.3, -0.25) is 4.79 Å². The monoisotopic (exact) mass is 327 g/mol. The number of rotatable bonds is 3. The predicted octanol–water partition coefficient (Wildman–Crippen LogP) is 4.64. The number of anilines is 1. The van der Waals surface area contributed by atoms with Crippen LogP contribution in [0.2, 0.25) is 0 Å². The van der Waals surface area contributed by atoms with E-state index in [2.05, 4.69) is 5.32 Å². The van der Waals surface area contributed by atoms with Gasteiger partial charge in [0.25, 0.3) is 0 Å². The molecular weight excluding hydrogens is 317 g/mol. The Bertz CT molecular complexity index is 752. The van der Waals surface area contributed by atoms with Gasteiger partial charge >= 0.3 is 6.18 Å². The minimum atomic E-state index is -4.47. The maximum Gasteiger partial charge on any atom is 0.416 e. The summed E-state index contributed by atoms with van der Waals surface area (Å²) in [6, 6.07) is 7.23. The Morgan fingerprint density at radius 3 is 2.39 bits per heavy atom. The summed E-state index contributed by atoms with van der Waals surface area (Å²) in [6.07, 6.45) is -2.29. The van der Waals surface area contributed by atoms with E-state index in [0.29, 0.717) is 0 Å². The Hall–Kier alpha value is -2.70. The molecule has 0 aliphatic heterocycles. The topological polar surface area (TPSA) is 29.1 Å². The van der Waals surface area contributed by atoms with Crippen molar-refractivity contribution in [2.45, 2.75) is 6.18 Å². The maximum atomic E-state index is 13.0. The van der Waals surface area contributed by atoms with Crippen LogP contribution >= 0.6 is 0 Å². The van der Waals surface area contributed by atoms with Gasteiger partial charge in [-0.25, -0.2) is 8.78 Å². The number of carbonyl (C=O) groups is 1. The van der Waals surface area contributed by atoms with Crippen LogP contribution in [0.4, 0.5) is 27.6 Å². The largest absolute Gasteiger partial charge is 0.416 e. The number of amides is 1. The first-order valence-electron chi connectivity index (χ1n) is 6.37. The number of hydrogen-bond acceptors (Lipinski definition) is 1. The van der Waals surface area contributed by atoms with Crippen LogP contribution in [-0.2, 0) is 11.0 Å². The first kappa shape index (κ1) is 16.7. The van der Waals surface area contributed by atoms with Gasteiger partial charge in [-0.05, 0) is 35.9 Å². The molecule has 2 aromatic rings. The molecule has 0 unspecified atom stereocenters. The molecule has 0 radical (unpaired) electrons. The Morgan fingerprint density at radius 2 is 1.74 bits per heavy atom. The van der Waals surface area contributed by atoms with Crippen molar-refractivity contribution in [3.63, 3.8) is 0 Å². The van der Waals surface area contributed by atoms with Crippen molar-refractivity contribution in [3.8, 4) is 0 Å². The zero-order valence-corrected chi connectivity index (χ0v) is 11.5. The van der Waals surface area contributed by atoms with Gasteiger partial charge in [0.2, 0.25) is 5.91 Å². The van der Waals surface area contributed by atoms with Gasteiger partial charge in [-0.2, -0.15) is 13.2 Å². The second kappa shape index (κ2) is 6.60. The SMILES string of the molecule is O=C(/C=C/c1cccc(C(F)(F)F)c1)Nc1ccc(F)c(F)c1. The summed E-state index contributed by atoms with van der Waals surface area (Å²) < 4.78 is 63.4. The lowest BCUT2D eigenvalue weighted by atomic mass is 10.1. The molecule has 1 amide bonds. The minimum Gasteiger partial charge on any atom is -0.322 e. The highest BCUT2D eigenvalue weighted by Gasteiger charge is 2.30. The Labute approximate surface area is 128 Å². The van der Waals surface area contributed by atoms with E-state index >= 15 is 0 Å². The number of benzene rings is 2. The van der Waals surface area contributed by atoms with Gasteiger partial charge in [0.1, 0.15) is 0 Å². The van der Waals surface area contributed by atoms with Crippen LogP contribution in [0.25, 0.3) is 6.08 Å². The number of carbonyl (C=O) groups excluding carboxylic acids is 1. The fourth-order valence-corrected chi connectivity index (χ4v) is 1.75. The lowest BCUT2D eigenvalue weighted by molar-refractivity contribution is -0.137. The summed E-state index contributed by atoms with van der Waals surface area (Å²) in [5.74, 6) is -2.86. The highest BCUT2D eigenvalue weighted by Crippen LogP contribution is 2.29. The minimum absolute atomic E-state index is 0.0302. The van der Waals surface area contributed by atoms with Gasteiger partial charge in [0, 0.05) is 17.8 Å². The van der Waals surface area contributed by atoms with Crippen LogP contribution in [0.5, 0.6) is 0 Å². The number of halogens is 5. The standard InChI is InChI=1S/C16H10F5NO/c17-13-6-5-12(9-14(13)18)22-15(23)7-4-10-2-1-3-11(8-10)16(19,20)21/h1-9H,(H,22,23)/b7-4+. The lowest BCUT2D eigenvalue weighted by Crippen LogP contribution is -2.08. The number of hydrogen-bond donors (Lipinski definition) is 1. The zero-order valence-electron chi connectivity index (χ0n) is 11.5. The van der Waals surface area contributed by atoms with Crippen molar-refractivity contribution in [2.75, 3.05) is 5.32 Å². The van der Waals surface area contributed by atoms with Gasteiger partial charge in [0.15, 0.2) is 11.6 Å². The Kier molecular flexibility index (Phi) is 4.78. The Morgan fingerprint density at radius 1 is 1.00 bits per heavy atom. The molecule has 2 nitrogen and oxygen atoms in total. The van der Waals surface area contributed by atoms with Gasteiger partial charge in [-0.1, -0.05) is 12.1 Å². The van der Waals surface area contributed by atoms with Crippen LogP contribution in [0, 0.1) is 11.6 Å². The van der Waals surface area contributed by atoms with E-state index in [9.17, 15) is 26.7 Å². The first-order chi connectivity index (χ1) is 10.8. The van der Waals surface area contributed by atoms with Crippen LogP contribution in [0.1, 0.15) is 11.1 Å². The van der Waals surface area contributed by atoms with E-state index in [1.165, 1.54) is 18.2 Å². The number of nitrogens with one attached hydrogen (secondary N) is 1. The van der Waals surface area contributed by atoms with Gasteiger partial charge < -0.3 is 5.32 Å². The van der Waals surface area contributed by atoms with E-state index in [4.69, 9.17) is 0 Å². The molecule has 2 rings (SSSR count). The molecular formula is C16H10F5NO. The van der Waals surface area contributed by atoms with Crippen molar-refractivity contribution in [1.82, 2.24) is 0 Å². The summed E-state index contributed by atoms with van der Waals surface area (Å²) in [6.45, 7) is 0. The number of alkyl halides is 3.